The Bertz CT molecular complexity index is 558. The lowest BCUT2D eigenvalue weighted by atomic mass is 10.1. The van der Waals surface area contributed by atoms with Gasteiger partial charge in [-0.3, -0.25) is 4.98 Å². The van der Waals surface area contributed by atoms with E-state index in [4.69, 9.17) is 16.3 Å². The molecule has 0 fully saturated rings. The first-order chi connectivity index (χ1) is 9.20. The summed E-state index contributed by atoms with van der Waals surface area (Å²) >= 11 is 6.00. The highest BCUT2D eigenvalue weighted by atomic mass is 35.5. The Balaban J connectivity index is 2.00. The van der Waals surface area contributed by atoms with Gasteiger partial charge in [0.15, 0.2) is 0 Å². The quantitative estimate of drug-likeness (QED) is 0.909. The van der Waals surface area contributed by atoms with Gasteiger partial charge in [0.05, 0.1) is 7.11 Å². The monoisotopic (exact) mass is 276 g/mol. The van der Waals surface area contributed by atoms with Gasteiger partial charge in [0, 0.05) is 36.1 Å². The number of hydrogen-bond donors (Lipinski definition) is 1. The first-order valence-corrected chi connectivity index (χ1v) is 6.51. The molecule has 3 nitrogen and oxygen atoms in total. The fourth-order valence-corrected chi connectivity index (χ4v) is 2.11. The van der Waals surface area contributed by atoms with Crippen molar-refractivity contribution in [2.24, 2.45) is 0 Å². The summed E-state index contributed by atoms with van der Waals surface area (Å²) < 4.78 is 5.32. The van der Waals surface area contributed by atoms with E-state index in [1.54, 1.807) is 7.11 Å². The summed E-state index contributed by atoms with van der Waals surface area (Å²) in [5.74, 6) is 0.850. The lowest BCUT2D eigenvalue weighted by molar-refractivity contribution is 0.407. The van der Waals surface area contributed by atoms with E-state index in [1.807, 2.05) is 36.7 Å². The van der Waals surface area contributed by atoms with Gasteiger partial charge in [-0.15, -0.1) is 0 Å². The van der Waals surface area contributed by atoms with E-state index < -0.39 is 0 Å². The largest absolute Gasteiger partial charge is 0.496 e. The predicted octanol–water partition coefficient (Wildman–Crippen LogP) is 3.34. The number of methoxy groups -OCH3 is 1. The van der Waals surface area contributed by atoms with Crippen LogP contribution in [0.25, 0.3) is 0 Å². The summed E-state index contributed by atoms with van der Waals surface area (Å²) in [7, 11) is 1.67. The second kappa shape index (κ2) is 6.55. The second-order valence-electron chi connectivity index (χ2n) is 4.36. The Morgan fingerprint density at radius 2 is 2.00 bits per heavy atom. The lowest BCUT2D eigenvalue weighted by Gasteiger charge is -2.11. The van der Waals surface area contributed by atoms with Gasteiger partial charge in [-0.05, 0) is 42.3 Å². The molecule has 0 aliphatic carbocycles. The number of aromatic nitrogens is 1. The van der Waals surface area contributed by atoms with Gasteiger partial charge in [-0.1, -0.05) is 11.6 Å². The molecule has 0 bridgehead atoms. The van der Waals surface area contributed by atoms with Crippen molar-refractivity contribution in [3.8, 4) is 5.75 Å². The Kier molecular flexibility index (Phi) is 4.77. The third kappa shape index (κ3) is 3.69. The minimum absolute atomic E-state index is 0.714. The summed E-state index contributed by atoms with van der Waals surface area (Å²) in [4.78, 5) is 4.08. The van der Waals surface area contributed by atoms with E-state index in [9.17, 15) is 0 Å². The van der Waals surface area contributed by atoms with Crippen molar-refractivity contribution in [3.05, 3.63) is 58.4 Å². The maximum absolute atomic E-state index is 6.00. The van der Waals surface area contributed by atoms with Crippen molar-refractivity contribution in [1.29, 1.82) is 0 Å². The molecule has 0 unspecified atom stereocenters. The van der Waals surface area contributed by atoms with E-state index in [0.717, 1.165) is 22.9 Å². The highest BCUT2D eigenvalue weighted by Gasteiger charge is 2.04. The summed E-state index contributed by atoms with van der Waals surface area (Å²) in [5.41, 5.74) is 3.49. The zero-order valence-electron chi connectivity index (χ0n) is 11.1. The molecule has 1 N–H and O–H groups in total. The van der Waals surface area contributed by atoms with E-state index in [0.29, 0.717) is 6.54 Å². The molecule has 1 heterocycles. The molecule has 0 saturated carbocycles. The zero-order valence-corrected chi connectivity index (χ0v) is 11.9. The Morgan fingerprint density at radius 1 is 1.21 bits per heavy atom. The zero-order chi connectivity index (χ0) is 13.7. The minimum Gasteiger partial charge on any atom is -0.496 e. The maximum Gasteiger partial charge on any atom is 0.123 e. The predicted molar refractivity (Wildman–Crippen MR) is 77.5 cm³/mol. The van der Waals surface area contributed by atoms with Crippen LogP contribution < -0.4 is 10.1 Å². The molecular formula is C15H17ClN2O. The summed E-state index contributed by atoms with van der Waals surface area (Å²) in [6, 6.07) is 7.66. The first-order valence-electron chi connectivity index (χ1n) is 6.13. The molecule has 4 heteroatoms. The number of pyridine rings is 1. The van der Waals surface area contributed by atoms with Crippen LogP contribution >= 0.6 is 11.6 Å². The Labute approximate surface area is 118 Å². The minimum atomic E-state index is 0.714. The summed E-state index contributed by atoms with van der Waals surface area (Å²) in [6.45, 7) is 3.57. The number of rotatable bonds is 5. The van der Waals surface area contributed by atoms with Gasteiger partial charge < -0.3 is 10.1 Å². The van der Waals surface area contributed by atoms with Crippen LogP contribution in [0.2, 0.25) is 5.02 Å². The topological polar surface area (TPSA) is 34.1 Å². The molecule has 0 atom stereocenters. The molecule has 2 rings (SSSR count). The van der Waals surface area contributed by atoms with Gasteiger partial charge >= 0.3 is 0 Å². The van der Waals surface area contributed by atoms with Crippen molar-refractivity contribution in [1.82, 2.24) is 10.3 Å². The lowest BCUT2D eigenvalue weighted by Crippen LogP contribution is -2.14. The van der Waals surface area contributed by atoms with Crippen molar-refractivity contribution in [2.45, 2.75) is 20.0 Å². The molecule has 0 spiro atoms. The molecule has 0 radical (unpaired) electrons. The molecule has 0 aliphatic rings. The Morgan fingerprint density at radius 3 is 2.74 bits per heavy atom. The fraction of sp³-hybridized carbons (Fsp3) is 0.267. The molecule has 0 amide bonds. The number of nitrogens with zero attached hydrogens (tertiary/aromatic N) is 1. The van der Waals surface area contributed by atoms with Gasteiger partial charge in [-0.2, -0.15) is 0 Å². The van der Waals surface area contributed by atoms with Crippen LogP contribution in [0.1, 0.15) is 16.7 Å². The summed E-state index contributed by atoms with van der Waals surface area (Å²) in [6.07, 6.45) is 3.68. The van der Waals surface area contributed by atoms with Crippen molar-refractivity contribution >= 4 is 11.6 Å². The first kappa shape index (κ1) is 13.8. The third-order valence-electron chi connectivity index (χ3n) is 3.01. The van der Waals surface area contributed by atoms with E-state index in [1.165, 1.54) is 11.1 Å². The van der Waals surface area contributed by atoms with Gasteiger partial charge in [0.1, 0.15) is 5.75 Å². The standard InChI is InChI=1S/C15H17ClN2O/c1-11-8-17-6-5-12(11)9-18-10-13-7-14(16)3-4-15(13)19-2/h3-8,18H,9-10H2,1-2H3. The van der Waals surface area contributed by atoms with E-state index in [-0.39, 0.29) is 0 Å². The fourth-order valence-electron chi connectivity index (χ4n) is 1.92. The van der Waals surface area contributed by atoms with Gasteiger partial charge in [-0.25, -0.2) is 0 Å². The van der Waals surface area contributed by atoms with Crippen LogP contribution in [0.3, 0.4) is 0 Å². The molecule has 2 aromatic rings. The number of hydrogen-bond acceptors (Lipinski definition) is 3. The third-order valence-corrected chi connectivity index (χ3v) is 3.24. The molecule has 100 valence electrons. The number of halogens is 1. The average molecular weight is 277 g/mol. The number of aryl methyl sites for hydroxylation is 1. The highest BCUT2D eigenvalue weighted by Crippen LogP contribution is 2.22. The van der Waals surface area contributed by atoms with Crippen LogP contribution in [0.15, 0.2) is 36.7 Å². The van der Waals surface area contributed by atoms with Crippen LogP contribution in [0.4, 0.5) is 0 Å². The number of nitrogens with one attached hydrogen (secondary N) is 1. The van der Waals surface area contributed by atoms with Gasteiger partial charge in [0.2, 0.25) is 0 Å². The Hall–Kier alpha value is -1.58. The van der Waals surface area contributed by atoms with Crippen LogP contribution in [0, 0.1) is 6.92 Å². The smallest absolute Gasteiger partial charge is 0.123 e. The maximum atomic E-state index is 6.00. The van der Waals surface area contributed by atoms with E-state index >= 15 is 0 Å². The number of benzene rings is 1. The molecule has 1 aromatic carbocycles. The summed E-state index contributed by atoms with van der Waals surface area (Å²) in [5, 5.41) is 4.11. The molecule has 19 heavy (non-hydrogen) atoms. The average Bonchev–Trinajstić information content (AvgIpc) is 2.41. The molecule has 1 aromatic heterocycles. The van der Waals surface area contributed by atoms with Crippen LogP contribution in [0.5, 0.6) is 5.75 Å². The van der Waals surface area contributed by atoms with Crippen LogP contribution in [-0.2, 0) is 13.1 Å². The SMILES string of the molecule is COc1ccc(Cl)cc1CNCc1ccncc1C. The highest BCUT2D eigenvalue weighted by molar-refractivity contribution is 6.30. The van der Waals surface area contributed by atoms with Crippen molar-refractivity contribution in [2.75, 3.05) is 7.11 Å². The van der Waals surface area contributed by atoms with E-state index in [2.05, 4.69) is 17.2 Å². The number of ether oxygens (including phenoxy) is 1. The normalized spacial score (nSPS) is 10.5. The van der Waals surface area contributed by atoms with Crippen molar-refractivity contribution < 1.29 is 4.74 Å². The van der Waals surface area contributed by atoms with Crippen LogP contribution in [-0.4, -0.2) is 12.1 Å². The van der Waals surface area contributed by atoms with Crippen molar-refractivity contribution in [3.63, 3.8) is 0 Å². The molecular weight excluding hydrogens is 260 g/mol. The van der Waals surface area contributed by atoms with Gasteiger partial charge in [0.25, 0.3) is 0 Å². The molecule has 0 saturated heterocycles. The molecule has 0 aliphatic heterocycles. The second-order valence-corrected chi connectivity index (χ2v) is 4.80.